The summed E-state index contributed by atoms with van der Waals surface area (Å²) in [5.41, 5.74) is 1.34. The van der Waals surface area contributed by atoms with Crippen LogP contribution >= 0.6 is 11.6 Å². The molecule has 12 nitrogen and oxygen atoms in total. The number of carbonyl (C=O) groups excluding carboxylic acids is 1. The first-order chi connectivity index (χ1) is 21.7. The summed E-state index contributed by atoms with van der Waals surface area (Å²) in [4.78, 5) is 27.7. The topological polar surface area (TPSA) is 138 Å². The maximum atomic E-state index is 15.2. The number of nitrogens with zero attached hydrogens (tertiary/aromatic N) is 5. The molecular weight excluding hydrogens is 627 g/mol. The first-order valence-electron chi connectivity index (χ1n) is 14.6. The van der Waals surface area contributed by atoms with E-state index < -0.39 is 21.9 Å². The number of hydrogen-bond acceptors (Lipinski definition) is 10. The molecule has 0 saturated carbocycles. The second kappa shape index (κ2) is 11.8. The van der Waals surface area contributed by atoms with Crippen LogP contribution in [0.25, 0.3) is 22.4 Å². The van der Waals surface area contributed by atoms with Crippen molar-refractivity contribution in [2.45, 2.75) is 42.8 Å². The molecule has 4 aromatic rings. The van der Waals surface area contributed by atoms with Crippen LogP contribution in [0.1, 0.15) is 18.4 Å². The zero-order valence-corrected chi connectivity index (χ0v) is 25.8. The number of aromatic nitrogens is 4. The number of carbonyl (C=O) groups is 1. The third-order valence-corrected chi connectivity index (χ3v) is 10.3. The third-order valence-electron chi connectivity index (χ3n) is 8.47. The molecule has 6 heterocycles. The van der Waals surface area contributed by atoms with E-state index in [0.717, 1.165) is 22.2 Å². The number of pyridine rings is 1. The molecule has 4 atom stereocenters. The monoisotopic (exact) mass is 656 g/mol. The number of anilines is 1. The highest BCUT2D eigenvalue weighted by Gasteiger charge is 2.49. The minimum atomic E-state index is -4.06. The van der Waals surface area contributed by atoms with Crippen molar-refractivity contribution in [3.63, 3.8) is 0 Å². The Morgan fingerprint density at radius 3 is 2.62 bits per heavy atom. The molecule has 1 N–H and O–H groups in total. The molecule has 0 spiro atoms. The first-order valence-corrected chi connectivity index (χ1v) is 16.4. The zero-order valence-electron chi connectivity index (χ0n) is 24.2. The fourth-order valence-corrected chi connectivity index (χ4v) is 7.56. The van der Waals surface area contributed by atoms with Gasteiger partial charge in [-0.25, -0.2) is 36.5 Å². The number of likely N-dealkylation sites (tertiary alicyclic amines) is 1. The van der Waals surface area contributed by atoms with Crippen LogP contribution in [0.3, 0.4) is 0 Å². The van der Waals surface area contributed by atoms with Gasteiger partial charge in [-0.1, -0.05) is 29.3 Å². The van der Waals surface area contributed by atoms with Gasteiger partial charge in [0.05, 0.1) is 48.0 Å². The standard InChI is InChI=1S/C30H30ClFN6O6S/c1-17-2-4-21(5-3-17)45(40,41)38-13-23(22-10-19(31)11-34-29(22)38)27-33-12-24(32)28(36-27)35-25-14-37(26(25)18-6-8-42-15-18)30(39)44-20-7-9-43-16-20/h2-5,10-13,18,20,25-26H,6-9,14-16H2,1H3,(H,33,35,36). The highest BCUT2D eigenvalue weighted by atomic mass is 35.5. The van der Waals surface area contributed by atoms with Crippen molar-refractivity contribution in [2.75, 3.05) is 38.3 Å². The maximum Gasteiger partial charge on any atom is 0.410 e. The molecule has 1 amide bonds. The van der Waals surface area contributed by atoms with Crippen molar-refractivity contribution in [2.24, 2.45) is 5.92 Å². The molecule has 1 aromatic carbocycles. The molecule has 7 rings (SSSR count). The van der Waals surface area contributed by atoms with Crippen molar-refractivity contribution in [1.29, 1.82) is 0 Å². The number of aryl methyl sites for hydroxylation is 1. The van der Waals surface area contributed by atoms with Gasteiger partial charge >= 0.3 is 6.09 Å². The lowest BCUT2D eigenvalue weighted by atomic mass is 9.84. The minimum absolute atomic E-state index is 0.0335. The van der Waals surface area contributed by atoms with E-state index in [2.05, 4.69) is 20.3 Å². The molecule has 45 heavy (non-hydrogen) atoms. The Hall–Kier alpha value is -3.85. The van der Waals surface area contributed by atoms with Crippen molar-refractivity contribution < 1.29 is 31.8 Å². The molecule has 0 bridgehead atoms. The quantitative estimate of drug-likeness (QED) is 0.307. The van der Waals surface area contributed by atoms with Crippen LogP contribution < -0.4 is 5.32 Å². The van der Waals surface area contributed by atoms with Crippen LogP contribution in [-0.4, -0.2) is 89.5 Å². The van der Waals surface area contributed by atoms with Gasteiger partial charge in [-0.2, -0.15) is 0 Å². The van der Waals surface area contributed by atoms with Crippen LogP contribution in [0.2, 0.25) is 5.02 Å². The molecular formula is C30H30ClFN6O6S. The molecule has 236 valence electrons. The SMILES string of the molecule is Cc1ccc(S(=O)(=O)n2cc(-c3ncc(F)c(NC4CN(C(=O)OC5CCOC5)C4C4CCOC4)n3)c3cc(Cl)cnc32)cc1. The van der Waals surface area contributed by atoms with E-state index in [9.17, 15) is 13.2 Å². The molecule has 15 heteroatoms. The van der Waals surface area contributed by atoms with Crippen LogP contribution in [0, 0.1) is 18.7 Å². The summed E-state index contributed by atoms with van der Waals surface area (Å²) in [5.74, 6) is -0.672. The molecule has 0 radical (unpaired) electrons. The van der Waals surface area contributed by atoms with Crippen LogP contribution in [0.4, 0.5) is 15.0 Å². The van der Waals surface area contributed by atoms with Crippen LogP contribution in [0.5, 0.6) is 0 Å². The summed E-state index contributed by atoms with van der Waals surface area (Å²) in [6.45, 7) is 4.11. The summed E-state index contributed by atoms with van der Waals surface area (Å²) in [5, 5.41) is 3.83. The summed E-state index contributed by atoms with van der Waals surface area (Å²) >= 11 is 6.26. The van der Waals surface area contributed by atoms with E-state index in [1.54, 1.807) is 23.1 Å². The van der Waals surface area contributed by atoms with Crippen LogP contribution in [-0.2, 0) is 24.2 Å². The van der Waals surface area contributed by atoms with Gasteiger partial charge in [-0.15, -0.1) is 0 Å². The maximum absolute atomic E-state index is 15.2. The van der Waals surface area contributed by atoms with Crippen LogP contribution in [0.15, 0.2) is 53.8 Å². The highest BCUT2D eigenvalue weighted by molar-refractivity contribution is 7.90. The van der Waals surface area contributed by atoms with Gasteiger partial charge in [0, 0.05) is 48.8 Å². The van der Waals surface area contributed by atoms with Gasteiger partial charge in [0.25, 0.3) is 10.0 Å². The number of ether oxygens (including phenoxy) is 3. The van der Waals surface area contributed by atoms with Crippen molar-refractivity contribution >= 4 is 44.6 Å². The number of rotatable bonds is 7. The van der Waals surface area contributed by atoms with Gasteiger partial charge in [-0.05, 0) is 31.5 Å². The van der Waals surface area contributed by atoms with Crippen molar-refractivity contribution in [3.05, 3.63) is 65.3 Å². The van der Waals surface area contributed by atoms with Gasteiger partial charge in [0.15, 0.2) is 23.1 Å². The fraction of sp³-hybridized carbons (Fsp3) is 0.400. The predicted octanol–water partition coefficient (Wildman–Crippen LogP) is 4.26. The fourth-order valence-electron chi connectivity index (χ4n) is 6.08. The average Bonchev–Trinajstić information content (AvgIpc) is 3.78. The number of nitrogens with one attached hydrogen (secondary N) is 1. The number of amides is 1. The molecule has 3 aliphatic heterocycles. The molecule has 3 aliphatic rings. The van der Waals surface area contributed by atoms with E-state index in [1.807, 2.05) is 6.92 Å². The Labute approximate surface area is 263 Å². The van der Waals surface area contributed by atoms with Gasteiger partial charge in [0.1, 0.15) is 6.10 Å². The summed E-state index contributed by atoms with van der Waals surface area (Å²) in [6.07, 6.45) is 4.43. The van der Waals surface area contributed by atoms with Crippen molar-refractivity contribution in [1.82, 2.24) is 23.8 Å². The lowest BCUT2D eigenvalue weighted by Crippen LogP contribution is -2.68. The normalized spacial score (nSPS) is 23.3. The number of halogens is 2. The number of hydrogen-bond donors (Lipinski definition) is 1. The third kappa shape index (κ3) is 5.60. The molecule has 0 aliphatic carbocycles. The Morgan fingerprint density at radius 1 is 1.11 bits per heavy atom. The Balaban J connectivity index is 1.20. The Morgan fingerprint density at radius 2 is 1.89 bits per heavy atom. The van der Waals surface area contributed by atoms with Gasteiger partial charge < -0.3 is 24.4 Å². The van der Waals surface area contributed by atoms with E-state index in [0.29, 0.717) is 43.8 Å². The zero-order chi connectivity index (χ0) is 31.3. The van der Waals surface area contributed by atoms with E-state index in [1.165, 1.54) is 24.5 Å². The largest absolute Gasteiger partial charge is 0.444 e. The first kappa shape index (κ1) is 29.8. The van der Waals surface area contributed by atoms with Gasteiger partial charge in [0.2, 0.25) is 0 Å². The van der Waals surface area contributed by atoms with E-state index in [-0.39, 0.29) is 57.9 Å². The van der Waals surface area contributed by atoms with Gasteiger partial charge in [-0.3, -0.25) is 0 Å². The second-order valence-electron chi connectivity index (χ2n) is 11.5. The number of benzene rings is 1. The van der Waals surface area contributed by atoms with Crippen molar-refractivity contribution in [3.8, 4) is 11.4 Å². The summed E-state index contributed by atoms with van der Waals surface area (Å²) < 4.78 is 60.2. The molecule has 4 unspecified atom stereocenters. The van der Waals surface area contributed by atoms with E-state index >= 15 is 4.39 Å². The predicted molar refractivity (Wildman–Crippen MR) is 162 cm³/mol. The Bertz CT molecular complexity index is 1860. The smallest absolute Gasteiger partial charge is 0.410 e. The molecule has 3 aromatic heterocycles. The molecule has 3 fully saturated rings. The average molecular weight is 657 g/mol. The second-order valence-corrected chi connectivity index (χ2v) is 13.7. The highest BCUT2D eigenvalue weighted by Crippen LogP contribution is 2.36. The Kier molecular flexibility index (Phi) is 7.84. The van der Waals surface area contributed by atoms with E-state index in [4.69, 9.17) is 25.8 Å². The lowest BCUT2D eigenvalue weighted by Gasteiger charge is -2.50. The number of fused-ring (bicyclic) bond motifs is 1. The minimum Gasteiger partial charge on any atom is -0.444 e. The lowest BCUT2D eigenvalue weighted by molar-refractivity contribution is -0.00633. The molecule has 3 saturated heterocycles. The summed E-state index contributed by atoms with van der Waals surface area (Å²) in [7, 11) is -4.06. The summed E-state index contributed by atoms with van der Waals surface area (Å²) in [6, 6.07) is 7.40.